The first-order valence-corrected chi connectivity index (χ1v) is 6.26. The van der Waals surface area contributed by atoms with E-state index in [1.807, 2.05) is 22.7 Å². The minimum Gasteiger partial charge on any atom is -0.337 e. The summed E-state index contributed by atoms with van der Waals surface area (Å²) in [6, 6.07) is 0.0369. The van der Waals surface area contributed by atoms with Crippen molar-refractivity contribution in [2.75, 3.05) is 13.1 Å². The Morgan fingerprint density at radius 3 is 2.65 bits per heavy atom. The topological polar surface area (TPSA) is 50.2 Å². The van der Waals surface area contributed by atoms with E-state index < -0.39 is 0 Å². The number of likely N-dealkylation sites (tertiary alicyclic amines) is 1. The quantitative estimate of drug-likeness (QED) is 0.846. The molecule has 0 aliphatic carbocycles. The molecule has 2 amide bonds. The fourth-order valence-electron chi connectivity index (χ4n) is 2.11. The van der Waals surface area contributed by atoms with Crippen LogP contribution < -0.4 is 5.32 Å². The number of carbonyl (C=O) groups is 1. The van der Waals surface area contributed by atoms with Gasteiger partial charge in [-0.15, -0.1) is 0 Å². The third-order valence-electron chi connectivity index (χ3n) is 3.21. The van der Waals surface area contributed by atoms with E-state index in [1.165, 1.54) is 12.8 Å². The standard InChI is InChI=1S/C12H20N4O/c1-15-9-6-13-11(15)10-14-12(17)16-7-4-2-3-5-8-16/h6,9H,2-5,7-8,10H2,1H3,(H,14,17). The molecule has 0 atom stereocenters. The maximum Gasteiger partial charge on any atom is 0.317 e. The van der Waals surface area contributed by atoms with Crippen LogP contribution in [0, 0.1) is 0 Å². The van der Waals surface area contributed by atoms with Crippen molar-refractivity contribution in [1.82, 2.24) is 19.8 Å². The predicted octanol–water partition coefficient (Wildman–Crippen LogP) is 1.51. The monoisotopic (exact) mass is 236 g/mol. The summed E-state index contributed by atoms with van der Waals surface area (Å²) < 4.78 is 1.92. The molecular weight excluding hydrogens is 216 g/mol. The Kier molecular flexibility index (Phi) is 4.01. The van der Waals surface area contributed by atoms with Crippen molar-refractivity contribution in [3.63, 3.8) is 0 Å². The molecule has 1 aromatic heterocycles. The Morgan fingerprint density at radius 1 is 1.35 bits per heavy atom. The number of carbonyl (C=O) groups excluding carboxylic acids is 1. The molecule has 1 aliphatic rings. The second-order valence-electron chi connectivity index (χ2n) is 4.51. The first kappa shape index (κ1) is 12.0. The molecule has 5 heteroatoms. The van der Waals surface area contributed by atoms with Gasteiger partial charge in [0.15, 0.2) is 0 Å². The third kappa shape index (κ3) is 3.22. The summed E-state index contributed by atoms with van der Waals surface area (Å²) in [5.74, 6) is 0.883. The average molecular weight is 236 g/mol. The summed E-state index contributed by atoms with van der Waals surface area (Å²) in [5.41, 5.74) is 0. The van der Waals surface area contributed by atoms with Crippen molar-refractivity contribution in [3.05, 3.63) is 18.2 Å². The Hall–Kier alpha value is -1.52. The highest BCUT2D eigenvalue weighted by atomic mass is 16.2. The summed E-state index contributed by atoms with van der Waals surface area (Å²) in [6.07, 6.45) is 8.35. The van der Waals surface area contributed by atoms with Crippen molar-refractivity contribution >= 4 is 6.03 Å². The molecular formula is C12H20N4O. The second-order valence-corrected chi connectivity index (χ2v) is 4.51. The number of amides is 2. The van der Waals surface area contributed by atoms with E-state index in [-0.39, 0.29) is 6.03 Å². The molecule has 0 unspecified atom stereocenters. The zero-order valence-electron chi connectivity index (χ0n) is 10.4. The molecule has 0 saturated carbocycles. The zero-order valence-corrected chi connectivity index (χ0v) is 10.4. The van der Waals surface area contributed by atoms with Crippen LogP contribution in [0.1, 0.15) is 31.5 Å². The first-order valence-electron chi connectivity index (χ1n) is 6.26. The highest BCUT2D eigenvalue weighted by Gasteiger charge is 2.15. The lowest BCUT2D eigenvalue weighted by Crippen LogP contribution is -2.40. The van der Waals surface area contributed by atoms with Crippen molar-refractivity contribution < 1.29 is 4.79 Å². The van der Waals surface area contributed by atoms with E-state index in [2.05, 4.69) is 10.3 Å². The van der Waals surface area contributed by atoms with E-state index in [4.69, 9.17) is 0 Å². The maximum absolute atomic E-state index is 11.9. The largest absolute Gasteiger partial charge is 0.337 e. The van der Waals surface area contributed by atoms with Crippen LogP contribution in [0.3, 0.4) is 0 Å². The molecule has 0 radical (unpaired) electrons. The van der Waals surface area contributed by atoms with Crippen LogP contribution in [0.5, 0.6) is 0 Å². The van der Waals surface area contributed by atoms with Crippen LogP contribution in [0.25, 0.3) is 0 Å². The Balaban J connectivity index is 1.82. The fourth-order valence-corrected chi connectivity index (χ4v) is 2.11. The number of nitrogens with zero attached hydrogens (tertiary/aromatic N) is 3. The van der Waals surface area contributed by atoms with Crippen molar-refractivity contribution in [1.29, 1.82) is 0 Å². The number of imidazole rings is 1. The SMILES string of the molecule is Cn1ccnc1CNC(=O)N1CCCCCC1. The molecule has 1 aliphatic heterocycles. The first-order chi connectivity index (χ1) is 8.27. The molecule has 0 bridgehead atoms. The van der Waals surface area contributed by atoms with Crippen molar-refractivity contribution in [2.45, 2.75) is 32.2 Å². The lowest BCUT2D eigenvalue weighted by Gasteiger charge is -2.20. The molecule has 0 spiro atoms. The normalized spacial score (nSPS) is 16.6. The highest BCUT2D eigenvalue weighted by molar-refractivity contribution is 5.74. The molecule has 5 nitrogen and oxygen atoms in total. The van der Waals surface area contributed by atoms with Crippen LogP contribution in [-0.2, 0) is 13.6 Å². The zero-order chi connectivity index (χ0) is 12.1. The summed E-state index contributed by atoms with van der Waals surface area (Å²) in [6.45, 7) is 2.26. The van der Waals surface area contributed by atoms with Gasteiger partial charge in [-0.1, -0.05) is 12.8 Å². The van der Waals surface area contributed by atoms with Crippen LogP contribution in [0.15, 0.2) is 12.4 Å². The molecule has 1 aromatic rings. The number of nitrogens with one attached hydrogen (secondary N) is 1. The highest BCUT2D eigenvalue weighted by Crippen LogP contribution is 2.09. The average Bonchev–Trinajstić information content (AvgIpc) is 2.58. The van der Waals surface area contributed by atoms with Gasteiger partial charge in [0.05, 0.1) is 6.54 Å². The van der Waals surface area contributed by atoms with Crippen LogP contribution in [-0.4, -0.2) is 33.6 Å². The smallest absolute Gasteiger partial charge is 0.317 e. The number of aryl methyl sites for hydroxylation is 1. The molecule has 1 saturated heterocycles. The molecule has 2 rings (SSSR count). The predicted molar refractivity (Wildman–Crippen MR) is 65.5 cm³/mol. The molecule has 0 aromatic carbocycles. The summed E-state index contributed by atoms with van der Waals surface area (Å²) in [7, 11) is 1.93. The minimum atomic E-state index is 0.0369. The number of hydrogen-bond acceptors (Lipinski definition) is 2. The van der Waals surface area contributed by atoms with Crippen molar-refractivity contribution in [2.24, 2.45) is 7.05 Å². The van der Waals surface area contributed by atoms with Gasteiger partial charge in [-0.3, -0.25) is 0 Å². The van der Waals surface area contributed by atoms with Crippen LogP contribution in [0.2, 0.25) is 0 Å². The van der Waals surface area contributed by atoms with Gasteiger partial charge in [0, 0.05) is 32.5 Å². The second kappa shape index (κ2) is 5.70. The van der Waals surface area contributed by atoms with E-state index >= 15 is 0 Å². The number of urea groups is 1. The minimum absolute atomic E-state index is 0.0369. The number of hydrogen-bond donors (Lipinski definition) is 1. The van der Waals surface area contributed by atoms with E-state index in [0.29, 0.717) is 6.54 Å². The lowest BCUT2D eigenvalue weighted by molar-refractivity contribution is 0.199. The van der Waals surface area contributed by atoms with Crippen LogP contribution >= 0.6 is 0 Å². The van der Waals surface area contributed by atoms with Gasteiger partial charge in [0.25, 0.3) is 0 Å². The van der Waals surface area contributed by atoms with Crippen molar-refractivity contribution in [3.8, 4) is 0 Å². The molecule has 2 heterocycles. The van der Waals surface area contributed by atoms with Gasteiger partial charge in [0.2, 0.25) is 0 Å². The van der Waals surface area contributed by atoms with Gasteiger partial charge in [-0.05, 0) is 12.8 Å². The van der Waals surface area contributed by atoms with Gasteiger partial charge in [-0.25, -0.2) is 9.78 Å². The molecule has 1 N–H and O–H groups in total. The number of aromatic nitrogens is 2. The summed E-state index contributed by atoms with van der Waals surface area (Å²) in [4.78, 5) is 18.0. The van der Waals surface area contributed by atoms with Gasteiger partial charge >= 0.3 is 6.03 Å². The Morgan fingerprint density at radius 2 is 2.06 bits per heavy atom. The van der Waals surface area contributed by atoms with E-state index in [9.17, 15) is 4.79 Å². The fraction of sp³-hybridized carbons (Fsp3) is 0.667. The number of rotatable bonds is 2. The Bertz CT molecular complexity index is 366. The van der Waals surface area contributed by atoms with Gasteiger partial charge in [-0.2, -0.15) is 0 Å². The third-order valence-corrected chi connectivity index (χ3v) is 3.21. The summed E-state index contributed by atoms with van der Waals surface area (Å²) >= 11 is 0. The van der Waals surface area contributed by atoms with E-state index in [1.54, 1.807) is 6.20 Å². The maximum atomic E-state index is 11.9. The molecule has 94 valence electrons. The van der Waals surface area contributed by atoms with Gasteiger partial charge < -0.3 is 14.8 Å². The molecule has 1 fully saturated rings. The lowest BCUT2D eigenvalue weighted by atomic mass is 10.2. The summed E-state index contributed by atoms with van der Waals surface area (Å²) in [5, 5.41) is 2.93. The van der Waals surface area contributed by atoms with Gasteiger partial charge in [0.1, 0.15) is 5.82 Å². The molecule has 17 heavy (non-hydrogen) atoms. The van der Waals surface area contributed by atoms with E-state index in [0.717, 1.165) is 31.8 Å². The Labute approximate surface area is 102 Å². The van der Waals surface area contributed by atoms with Crippen LogP contribution in [0.4, 0.5) is 4.79 Å².